The molecular weight excluding hydrogens is 393 g/mol. The van der Waals surface area contributed by atoms with Gasteiger partial charge in [-0.2, -0.15) is 18.3 Å². The maximum absolute atomic E-state index is 12.9. The number of halogens is 3. The Morgan fingerprint density at radius 3 is 2.57 bits per heavy atom. The lowest BCUT2D eigenvalue weighted by molar-refractivity contribution is -0.137. The first kappa shape index (κ1) is 20.1. The van der Waals surface area contributed by atoms with Crippen molar-refractivity contribution in [2.24, 2.45) is 7.05 Å². The lowest BCUT2D eigenvalue weighted by Gasteiger charge is -2.24. The Kier molecular flexibility index (Phi) is 5.32. The average Bonchev–Trinajstić information content (AvgIpc) is 3.37. The molecule has 1 aliphatic rings. The molecule has 0 bridgehead atoms. The van der Waals surface area contributed by atoms with Crippen LogP contribution in [-0.2, 0) is 19.6 Å². The number of alkyl halides is 3. The molecule has 3 aromatic rings. The van der Waals surface area contributed by atoms with Crippen molar-refractivity contribution in [3.63, 3.8) is 0 Å². The smallest absolute Gasteiger partial charge is 0.329 e. The number of aryl methyl sites for hydroxylation is 1. The number of carbonyl (C=O) groups is 1. The maximum atomic E-state index is 12.9. The van der Waals surface area contributed by atoms with E-state index in [4.69, 9.17) is 4.98 Å². The number of amides is 1. The predicted octanol–water partition coefficient (Wildman–Crippen LogP) is 4.40. The third-order valence-electron chi connectivity index (χ3n) is 5.28. The molecule has 1 aliphatic heterocycles. The van der Waals surface area contributed by atoms with Crippen molar-refractivity contribution in [2.45, 2.75) is 31.5 Å². The standard InChI is InChI=1S/C22H21F3N4O/c1-28-13-11-19(27-28)21(30)29-12-3-6-20(29)18-5-2-4-17(26-18)14-15-7-9-16(10-8-15)22(23,24)25/h2,4-5,7-11,13,20H,3,6,12,14H2,1H3/t20-/m0/s1. The number of likely N-dealkylation sites (tertiary alicyclic amines) is 1. The molecule has 2 aromatic heterocycles. The Bertz CT molecular complexity index is 1040. The van der Waals surface area contributed by atoms with Gasteiger partial charge in [0.25, 0.3) is 5.91 Å². The zero-order valence-corrected chi connectivity index (χ0v) is 16.4. The molecule has 4 rings (SSSR count). The zero-order chi connectivity index (χ0) is 21.3. The summed E-state index contributed by atoms with van der Waals surface area (Å²) >= 11 is 0. The van der Waals surface area contributed by atoms with Crippen molar-refractivity contribution in [1.29, 1.82) is 0 Å². The first-order valence-corrected chi connectivity index (χ1v) is 9.74. The van der Waals surface area contributed by atoms with Crippen LogP contribution in [0.1, 0.15) is 51.9 Å². The molecule has 156 valence electrons. The number of rotatable bonds is 4. The molecule has 0 saturated carbocycles. The Morgan fingerprint density at radius 2 is 1.90 bits per heavy atom. The Balaban J connectivity index is 1.52. The summed E-state index contributed by atoms with van der Waals surface area (Å²) in [6.45, 7) is 0.644. The second-order valence-corrected chi connectivity index (χ2v) is 7.46. The third kappa shape index (κ3) is 4.22. The minimum Gasteiger partial charge on any atom is -0.329 e. The van der Waals surface area contributed by atoms with E-state index in [1.165, 1.54) is 12.1 Å². The summed E-state index contributed by atoms with van der Waals surface area (Å²) in [6.07, 6.45) is -0.486. The first-order valence-electron chi connectivity index (χ1n) is 9.74. The van der Waals surface area contributed by atoms with Gasteiger partial charge >= 0.3 is 6.18 Å². The van der Waals surface area contributed by atoms with Crippen LogP contribution in [0.3, 0.4) is 0 Å². The van der Waals surface area contributed by atoms with E-state index in [9.17, 15) is 18.0 Å². The van der Waals surface area contributed by atoms with E-state index in [0.29, 0.717) is 18.7 Å². The summed E-state index contributed by atoms with van der Waals surface area (Å²) in [4.78, 5) is 19.4. The Hall–Kier alpha value is -3.16. The van der Waals surface area contributed by atoms with Gasteiger partial charge in [0.1, 0.15) is 5.69 Å². The van der Waals surface area contributed by atoms with Gasteiger partial charge in [0.15, 0.2) is 0 Å². The largest absolute Gasteiger partial charge is 0.416 e. The number of carbonyl (C=O) groups excluding carboxylic acids is 1. The molecule has 1 atom stereocenters. The van der Waals surface area contributed by atoms with E-state index in [1.807, 2.05) is 18.2 Å². The Morgan fingerprint density at radius 1 is 1.13 bits per heavy atom. The fourth-order valence-electron chi connectivity index (χ4n) is 3.80. The van der Waals surface area contributed by atoms with Crippen molar-refractivity contribution in [1.82, 2.24) is 19.7 Å². The van der Waals surface area contributed by atoms with Gasteiger partial charge < -0.3 is 4.90 Å². The number of benzene rings is 1. The molecule has 0 aliphatic carbocycles. The lowest BCUT2D eigenvalue weighted by Crippen LogP contribution is -2.31. The summed E-state index contributed by atoms with van der Waals surface area (Å²) in [5.74, 6) is -0.118. The Labute approximate surface area is 172 Å². The second-order valence-electron chi connectivity index (χ2n) is 7.46. The number of nitrogens with zero attached hydrogens (tertiary/aromatic N) is 4. The van der Waals surface area contributed by atoms with E-state index in [-0.39, 0.29) is 11.9 Å². The van der Waals surface area contributed by atoms with E-state index >= 15 is 0 Å². The second kappa shape index (κ2) is 7.93. The molecule has 1 amide bonds. The SMILES string of the molecule is Cn1ccc(C(=O)N2CCC[C@H]2c2cccc(Cc3ccc(C(F)(F)F)cc3)n2)n1. The van der Waals surface area contributed by atoms with Crippen LogP contribution in [0.5, 0.6) is 0 Å². The van der Waals surface area contributed by atoms with Gasteiger partial charge in [0.2, 0.25) is 0 Å². The maximum Gasteiger partial charge on any atom is 0.416 e. The van der Waals surface area contributed by atoms with Gasteiger partial charge in [-0.1, -0.05) is 18.2 Å². The van der Waals surface area contributed by atoms with E-state index in [1.54, 1.807) is 28.9 Å². The molecule has 0 unspecified atom stereocenters. The van der Waals surface area contributed by atoms with Crippen LogP contribution in [0.2, 0.25) is 0 Å². The van der Waals surface area contributed by atoms with Gasteiger partial charge in [-0.15, -0.1) is 0 Å². The van der Waals surface area contributed by atoms with Gasteiger partial charge in [-0.3, -0.25) is 14.5 Å². The van der Waals surface area contributed by atoms with E-state index < -0.39 is 11.7 Å². The van der Waals surface area contributed by atoms with Crippen LogP contribution in [-0.4, -0.2) is 32.1 Å². The van der Waals surface area contributed by atoms with E-state index in [2.05, 4.69) is 5.10 Å². The van der Waals surface area contributed by atoms with E-state index in [0.717, 1.165) is 41.9 Å². The fraction of sp³-hybridized carbons (Fsp3) is 0.318. The van der Waals surface area contributed by atoms with Crippen molar-refractivity contribution >= 4 is 5.91 Å². The van der Waals surface area contributed by atoms with Gasteiger partial charge in [-0.05, 0) is 48.7 Å². The zero-order valence-electron chi connectivity index (χ0n) is 16.4. The average molecular weight is 414 g/mol. The number of pyridine rings is 1. The van der Waals surface area contributed by atoms with Crippen molar-refractivity contribution in [3.05, 3.63) is 82.9 Å². The summed E-state index contributed by atoms with van der Waals surface area (Å²) in [5, 5.41) is 4.21. The molecule has 3 heterocycles. The predicted molar refractivity (Wildman–Crippen MR) is 105 cm³/mol. The number of hydrogen-bond acceptors (Lipinski definition) is 3. The van der Waals surface area contributed by atoms with Crippen LogP contribution in [0.15, 0.2) is 54.7 Å². The number of aromatic nitrogens is 3. The van der Waals surface area contributed by atoms with Crippen molar-refractivity contribution < 1.29 is 18.0 Å². The van der Waals surface area contributed by atoms with Crippen molar-refractivity contribution in [3.8, 4) is 0 Å². The molecule has 0 spiro atoms. The van der Waals surface area contributed by atoms with Crippen LogP contribution in [0.4, 0.5) is 13.2 Å². The molecule has 5 nitrogen and oxygen atoms in total. The molecule has 1 aromatic carbocycles. The quantitative estimate of drug-likeness (QED) is 0.636. The monoisotopic (exact) mass is 414 g/mol. The molecule has 30 heavy (non-hydrogen) atoms. The molecule has 8 heteroatoms. The van der Waals surface area contributed by atoms with Crippen LogP contribution in [0.25, 0.3) is 0 Å². The summed E-state index contributed by atoms with van der Waals surface area (Å²) in [6, 6.07) is 12.3. The topological polar surface area (TPSA) is 51.0 Å². The highest BCUT2D eigenvalue weighted by atomic mass is 19.4. The molecule has 1 saturated heterocycles. The highest BCUT2D eigenvalue weighted by Gasteiger charge is 2.33. The summed E-state index contributed by atoms with van der Waals surface area (Å²) in [5.41, 5.74) is 2.04. The lowest BCUT2D eigenvalue weighted by atomic mass is 10.1. The van der Waals surface area contributed by atoms with Gasteiger partial charge in [0, 0.05) is 31.9 Å². The van der Waals surface area contributed by atoms with Crippen LogP contribution in [0, 0.1) is 0 Å². The molecule has 0 radical (unpaired) electrons. The van der Waals surface area contributed by atoms with Crippen LogP contribution >= 0.6 is 0 Å². The molecule has 0 N–H and O–H groups in total. The van der Waals surface area contributed by atoms with Crippen LogP contribution < -0.4 is 0 Å². The minimum atomic E-state index is -4.34. The third-order valence-corrected chi connectivity index (χ3v) is 5.28. The number of hydrogen-bond donors (Lipinski definition) is 0. The highest BCUT2D eigenvalue weighted by molar-refractivity contribution is 5.92. The van der Waals surface area contributed by atoms with Gasteiger partial charge in [0.05, 0.1) is 17.3 Å². The molecular formula is C22H21F3N4O. The first-order chi connectivity index (χ1) is 14.3. The minimum absolute atomic E-state index is 0.118. The van der Waals surface area contributed by atoms with Crippen molar-refractivity contribution in [2.75, 3.05) is 6.54 Å². The molecule has 1 fully saturated rings. The highest BCUT2D eigenvalue weighted by Crippen LogP contribution is 2.32. The normalized spacial score (nSPS) is 16.8. The van der Waals surface area contributed by atoms with Gasteiger partial charge in [-0.25, -0.2) is 0 Å². The fourth-order valence-corrected chi connectivity index (χ4v) is 3.80. The summed E-state index contributed by atoms with van der Waals surface area (Å²) < 4.78 is 39.8. The summed E-state index contributed by atoms with van der Waals surface area (Å²) in [7, 11) is 1.77.